The van der Waals surface area contributed by atoms with Crippen molar-refractivity contribution in [3.63, 3.8) is 0 Å². The second-order valence-corrected chi connectivity index (χ2v) is 8.41. The van der Waals surface area contributed by atoms with E-state index < -0.39 is 0 Å². The lowest BCUT2D eigenvalue weighted by Gasteiger charge is -2.29. The summed E-state index contributed by atoms with van der Waals surface area (Å²) in [5.41, 5.74) is 1.35. The minimum atomic E-state index is -0.0578. The zero-order chi connectivity index (χ0) is 20.4. The Balaban J connectivity index is 1.74. The number of unbranched alkanes of at least 4 members (excludes halogenated alkanes) is 1. The molecule has 5 nitrogen and oxygen atoms in total. The van der Waals surface area contributed by atoms with Gasteiger partial charge in [0.2, 0.25) is 11.8 Å². The molecule has 28 heavy (non-hydrogen) atoms. The Morgan fingerprint density at radius 2 is 1.93 bits per heavy atom. The Hall–Kier alpha value is -1.88. The zero-order valence-electron chi connectivity index (χ0n) is 17.7. The number of hydrogen-bond acceptors (Lipinski definition) is 3. The van der Waals surface area contributed by atoms with Gasteiger partial charge in [-0.25, -0.2) is 0 Å². The van der Waals surface area contributed by atoms with Crippen LogP contribution in [0.5, 0.6) is 0 Å². The SMILES string of the molecule is CC(=O)NC(CC(C)C)CN1CCC[C@H]1C(=O)NCCCCc1ccccc1. The molecule has 0 radical (unpaired) electrons. The van der Waals surface area contributed by atoms with Gasteiger partial charge >= 0.3 is 0 Å². The lowest BCUT2D eigenvalue weighted by Crippen LogP contribution is -2.49. The summed E-state index contributed by atoms with van der Waals surface area (Å²) in [4.78, 5) is 26.4. The normalized spacial score (nSPS) is 18.2. The Bertz CT molecular complexity index is 603. The Morgan fingerprint density at radius 3 is 2.61 bits per heavy atom. The fourth-order valence-corrected chi connectivity index (χ4v) is 4.09. The van der Waals surface area contributed by atoms with E-state index >= 15 is 0 Å². The standard InChI is InChI=1S/C23H37N3O2/c1-18(2)16-21(25-19(3)27)17-26-15-9-13-22(26)23(28)24-14-8-7-12-20-10-5-4-6-11-20/h4-6,10-11,18,21-22H,7-9,12-17H2,1-3H3,(H,24,28)(H,25,27)/t21?,22-/m0/s1. The van der Waals surface area contributed by atoms with Crippen molar-refractivity contribution in [2.75, 3.05) is 19.6 Å². The third-order valence-corrected chi connectivity index (χ3v) is 5.32. The molecule has 0 aliphatic carbocycles. The molecular weight excluding hydrogens is 350 g/mol. The third kappa shape index (κ3) is 8.01. The summed E-state index contributed by atoms with van der Waals surface area (Å²) >= 11 is 0. The van der Waals surface area contributed by atoms with Gasteiger partial charge in [0.1, 0.15) is 0 Å². The van der Waals surface area contributed by atoms with Gasteiger partial charge < -0.3 is 10.6 Å². The van der Waals surface area contributed by atoms with Crippen LogP contribution in [0, 0.1) is 5.92 Å². The van der Waals surface area contributed by atoms with Crippen LogP contribution in [0.25, 0.3) is 0 Å². The summed E-state index contributed by atoms with van der Waals surface area (Å²) in [5.74, 6) is 0.656. The number of hydrogen-bond donors (Lipinski definition) is 2. The number of nitrogens with zero attached hydrogens (tertiary/aromatic N) is 1. The van der Waals surface area contributed by atoms with E-state index in [1.54, 1.807) is 6.92 Å². The predicted octanol–water partition coefficient (Wildman–Crippen LogP) is 3.14. The first-order valence-corrected chi connectivity index (χ1v) is 10.8. The molecule has 156 valence electrons. The molecule has 0 bridgehead atoms. The van der Waals surface area contributed by atoms with Crippen molar-refractivity contribution in [1.82, 2.24) is 15.5 Å². The highest BCUT2D eigenvalue weighted by Crippen LogP contribution is 2.19. The van der Waals surface area contributed by atoms with Crippen LogP contribution in [-0.4, -0.2) is 48.4 Å². The van der Waals surface area contributed by atoms with E-state index in [-0.39, 0.29) is 23.9 Å². The van der Waals surface area contributed by atoms with Gasteiger partial charge in [-0.15, -0.1) is 0 Å². The minimum Gasteiger partial charge on any atom is -0.355 e. The van der Waals surface area contributed by atoms with Crippen LogP contribution < -0.4 is 10.6 Å². The third-order valence-electron chi connectivity index (χ3n) is 5.32. The van der Waals surface area contributed by atoms with Crippen LogP contribution in [0.2, 0.25) is 0 Å². The zero-order valence-corrected chi connectivity index (χ0v) is 17.7. The molecule has 0 saturated carbocycles. The van der Waals surface area contributed by atoms with E-state index in [4.69, 9.17) is 0 Å². The summed E-state index contributed by atoms with van der Waals surface area (Å²) in [7, 11) is 0. The van der Waals surface area contributed by atoms with Gasteiger partial charge in [-0.2, -0.15) is 0 Å². The summed E-state index contributed by atoms with van der Waals surface area (Å²) in [6.45, 7) is 8.31. The first kappa shape index (κ1) is 22.4. The van der Waals surface area contributed by atoms with Crippen LogP contribution in [0.4, 0.5) is 0 Å². The van der Waals surface area contributed by atoms with Crippen molar-refractivity contribution in [2.24, 2.45) is 5.92 Å². The number of carbonyl (C=O) groups is 2. The Labute approximate surface area is 170 Å². The highest BCUT2D eigenvalue weighted by atomic mass is 16.2. The molecule has 0 spiro atoms. The highest BCUT2D eigenvalue weighted by Gasteiger charge is 2.32. The number of carbonyl (C=O) groups excluding carboxylic acids is 2. The van der Waals surface area contributed by atoms with Crippen LogP contribution >= 0.6 is 0 Å². The van der Waals surface area contributed by atoms with Crippen LogP contribution in [-0.2, 0) is 16.0 Å². The number of rotatable bonds is 11. The van der Waals surface area contributed by atoms with Crippen LogP contribution in [0.3, 0.4) is 0 Å². The van der Waals surface area contributed by atoms with Gasteiger partial charge in [0.05, 0.1) is 6.04 Å². The molecule has 1 aromatic rings. The number of likely N-dealkylation sites (tertiary alicyclic amines) is 1. The van der Waals surface area contributed by atoms with Crippen molar-refractivity contribution in [3.8, 4) is 0 Å². The highest BCUT2D eigenvalue weighted by molar-refractivity contribution is 5.82. The van der Waals surface area contributed by atoms with E-state index in [9.17, 15) is 9.59 Å². The average molecular weight is 388 g/mol. The summed E-state index contributed by atoms with van der Waals surface area (Å²) in [6.07, 6.45) is 6.02. The Morgan fingerprint density at radius 1 is 1.18 bits per heavy atom. The van der Waals surface area contributed by atoms with Gasteiger partial charge in [-0.1, -0.05) is 44.2 Å². The molecule has 2 N–H and O–H groups in total. The topological polar surface area (TPSA) is 61.4 Å². The van der Waals surface area contributed by atoms with Crippen molar-refractivity contribution >= 4 is 11.8 Å². The summed E-state index contributed by atoms with van der Waals surface area (Å²) in [6, 6.07) is 10.5. The molecule has 1 heterocycles. The van der Waals surface area contributed by atoms with Gasteiger partial charge in [-0.3, -0.25) is 14.5 Å². The van der Waals surface area contributed by atoms with Crippen LogP contribution in [0.1, 0.15) is 58.4 Å². The number of benzene rings is 1. The van der Waals surface area contributed by atoms with Gasteiger partial charge in [0, 0.05) is 26.1 Å². The molecule has 2 amide bonds. The lowest BCUT2D eigenvalue weighted by molar-refractivity contribution is -0.125. The van der Waals surface area contributed by atoms with E-state index in [1.165, 1.54) is 5.56 Å². The fourth-order valence-electron chi connectivity index (χ4n) is 4.09. The monoisotopic (exact) mass is 387 g/mol. The van der Waals surface area contributed by atoms with E-state index in [1.807, 2.05) is 6.07 Å². The molecule has 2 rings (SSSR count). The number of nitrogens with one attached hydrogen (secondary N) is 2. The fraction of sp³-hybridized carbons (Fsp3) is 0.652. The maximum absolute atomic E-state index is 12.7. The minimum absolute atomic E-state index is 0.00395. The molecule has 1 aliphatic heterocycles. The number of aryl methyl sites for hydroxylation is 1. The summed E-state index contributed by atoms with van der Waals surface area (Å²) in [5, 5.41) is 6.19. The second kappa shape index (κ2) is 11.8. The van der Waals surface area contributed by atoms with Crippen molar-refractivity contribution in [2.45, 2.75) is 71.4 Å². The Kier molecular flexibility index (Phi) is 9.48. The van der Waals surface area contributed by atoms with Gasteiger partial charge in [-0.05, 0) is 56.6 Å². The molecule has 0 aromatic heterocycles. The molecular formula is C23H37N3O2. The molecule has 1 aliphatic rings. The maximum Gasteiger partial charge on any atom is 0.237 e. The average Bonchev–Trinajstić information content (AvgIpc) is 3.09. The molecule has 1 aromatic carbocycles. The molecule has 2 atom stereocenters. The quantitative estimate of drug-likeness (QED) is 0.574. The molecule has 1 unspecified atom stereocenters. The molecule has 1 fully saturated rings. The number of amides is 2. The van der Waals surface area contributed by atoms with Crippen molar-refractivity contribution < 1.29 is 9.59 Å². The lowest BCUT2D eigenvalue weighted by atomic mass is 10.0. The first-order chi connectivity index (χ1) is 13.5. The largest absolute Gasteiger partial charge is 0.355 e. The summed E-state index contributed by atoms with van der Waals surface area (Å²) < 4.78 is 0. The molecule has 5 heteroatoms. The first-order valence-electron chi connectivity index (χ1n) is 10.8. The smallest absolute Gasteiger partial charge is 0.237 e. The van der Waals surface area contributed by atoms with Crippen molar-refractivity contribution in [1.29, 1.82) is 0 Å². The van der Waals surface area contributed by atoms with Gasteiger partial charge in [0.15, 0.2) is 0 Å². The van der Waals surface area contributed by atoms with Crippen molar-refractivity contribution in [3.05, 3.63) is 35.9 Å². The maximum atomic E-state index is 12.7. The van der Waals surface area contributed by atoms with E-state index in [0.717, 1.165) is 58.2 Å². The van der Waals surface area contributed by atoms with E-state index in [2.05, 4.69) is 53.6 Å². The predicted molar refractivity (Wildman–Crippen MR) is 114 cm³/mol. The molecule has 1 saturated heterocycles. The van der Waals surface area contributed by atoms with E-state index in [0.29, 0.717) is 5.92 Å². The van der Waals surface area contributed by atoms with Crippen LogP contribution in [0.15, 0.2) is 30.3 Å². The van der Waals surface area contributed by atoms with Gasteiger partial charge in [0.25, 0.3) is 0 Å². The second-order valence-electron chi connectivity index (χ2n) is 8.41.